The van der Waals surface area contributed by atoms with Gasteiger partial charge in [0.25, 0.3) is 0 Å². The van der Waals surface area contributed by atoms with Gasteiger partial charge in [-0.05, 0) is 36.6 Å². The number of aromatic nitrogens is 6. The van der Waals surface area contributed by atoms with Crippen LogP contribution in [0.3, 0.4) is 0 Å². The number of para-hydroxylation sites is 1. The van der Waals surface area contributed by atoms with Crippen LogP contribution in [0.4, 0.5) is 17.3 Å². The molecule has 10 nitrogen and oxygen atoms in total. The van der Waals surface area contributed by atoms with E-state index < -0.39 is 0 Å². The van der Waals surface area contributed by atoms with Crippen LogP contribution in [-0.4, -0.2) is 61.2 Å². The van der Waals surface area contributed by atoms with E-state index in [-0.39, 0.29) is 5.75 Å². The van der Waals surface area contributed by atoms with E-state index in [1.165, 1.54) is 0 Å². The summed E-state index contributed by atoms with van der Waals surface area (Å²) < 4.78 is 1.71. The Hall–Kier alpha value is -4.65. The molecular formula is C25H25N9O. The minimum Gasteiger partial charge on any atom is -0.507 e. The molecule has 4 aromatic rings. The standard InChI is InChI=1S/C25H25N9O/c1-32-17-18(16-28-32)7-8-23-27-10-9-24(29-23)34-12-4-11-33(13-14-34)21-15-20(30-31-25(21)26)19-5-2-3-6-22(19)35/h2-3,5-6,9-10,15-17,35H,4,11-14H2,1H3,(H2,26,31). The summed E-state index contributed by atoms with van der Waals surface area (Å²) in [6.07, 6.45) is 6.21. The Labute approximate surface area is 203 Å². The molecule has 1 aromatic carbocycles. The molecule has 1 aliphatic rings. The number of phenolic OH excluding ortho intramolecular Hbond substituents is 1. The van der Waals surface area contributed by atoms with Gasteiger partial charge in [0.05, 0.1) is 23.1 Å². The van der Waals surface area contributed by atoms with E-state index in [4.69, 9.17) is 5.73 Å². The van der Waals surface area contributed by atoms with Crippen molar-refractivity contribution in [3.63, 3.8) is 0 Å². The number of aromatic hydroxyl groups is 1. The maximum atomic E-state index is 10.2. The molecule has 0 aliphatic carbocycles. The number of hydrogen-bond donors (Lipinski definition) is 2. The minimum absolute atomic E-state index is 0.158. The maximum absolute atomic E-state index is 10.2. The minimum atomic E-state index is 0.158. The van der Waals surface area contributed by atoms with E-state index in [0.29, 0.717) is 22.9 Å². The van der Waals surface area contributed by atoms with Crippen molar-refractivity contribution < 1.29 is 5.11 Å². The normalized spacial score (nSPS) is 13.7. The Morgan fingerprint density at radius 1 is 1.00 bits per heavy atom. The molecule has 3 aromatic heterocycles. The van der Waals surface area contributed by atoms with Crippen molar-refractivity contribution in [2.45, 2.75) is 6.42 Å². The largest absolute Gasteiger partial charge is 0.507 e. The molecule has 3 N–H and O–H groups in total. The highest BCUT2D eigenvalue weighted by Crippen LogP contribution is 2.31. The summed E-state index contributed by atoms with van der Waals surface area (Å²) in [5, 5.41) is 22.7. The number of hydrogen-bond acceptors (Lipinski definition) is 9. The molecule has 1 aliphatic heterocycles. The molecule has 0 amide bonds. The number of benzene rings is 1. The predicted molar refractivity (Wildman–Crippen MR) is 134 cm³/mol. The first kappa shape index (κ1) is 22.2. The zero-order valence-corrected chi connectivity index (χ0v) is 19.3. The Kier molecular flexibility index (Phi) is 6.13. The number of nitrogen functional groups attached to an aromatic ring is 1. The lowest BCUT2D eigenvalue weighted by Gasteiger charge is -2.25. The molecule has 0 spiro atoms. The second kappa shape index (κ2) is 9.69. The molecule has 0 unspecified atom stereocenters. The van der Waals surface area contributed by atoms with E-state index in [1.54, 1.807) is 29.2 Å². The lowest BCUT2D eigenvalue weighted by molar-refractivity contribution is 0.477. The van der Waals surface area contributed by atoms with Crippen molar-refractivity contribution in [2.24, 2.45) is 7.05 Å². The highest BCUT2D eigenvalue weighted by atomic mass is 16.3. The van der Waals surface area contributed by atoms with E-state index in [9.17, 15) is 5.11 Å². The molecule has 1 saturated heterocycles. The zero-order chi connectivity index (χ0) is 24.2. The third-order valence-electron chi connectivity index (χ3n) is 5.81. The second-order valence-electron chi connectivity index (χ2n) is 8.24. The first-order chi connectivity index (χ1) is 17.1. The summed E-state index contributed by atoms with van der Waals surface area (Å²) in [5.74, 6) is 7.92. The lowest BCUT2D eigenvalue weighted by atomic mass is 10.1. The Morgan fingerprint density at radius 3 is 2.66 bits per heavy atom. The van der Waals surface area contributed by atoms with Crippen molar-refractivity contribution >= 4 is 17.3 Å². The number of rotatable bonds is 3. The van der Waals surface area contributed by atoms with Gasteiger partial charge in [-0.25, -0.2) is 9.97 Å². The summed E-state index contributed by atoms with van der Waals surface area (Å²) in [6, 6.07) is 10.9. The fourth-order valence-corrected chi connectivity index (χ4v) is 4.05. The SMILES string of the molecule is Cn1cc(C#Cc2nccc(N3CCCN(c4cc(-c5ccccc5O)nnc4N)CC3)n2)cn1. The molecular weight excluding hydrogens is 442 g/mol. The molecule has 0 radical (unpaired) electrons. The predicted octanol–water partition coefficient (Wildman–Crippen LogP) is 2.07. The smallest absolute Gasteiger partial charge is 0.207 e. The van der Waals surface area contributed by atoms with Gasteiger partial charge in [-0.2, -0.15) is 5.10 Å². The van der Waals surface area contributed by atoms with Crippen LogP contribution >= 0.6 is 0 Å². The third kappa shape index (κ3) is 4.99. The summed E-state index contributed by atoms with van der Waals surface area (Å²) in [5.41, 5.74) is 9.04. The topological polar surface area (TPSA) is 122 Å². The molecule has 176 valence electrons. The van der Waals surface area contributed by atoms with E-state index >= 15 is 0 Å². The van der Waals surface area contributed by atoms with E-state index in [1.807, 2.05) is 37.5 Å². The molecule has 1 fully saturated rings. The molecule has 10 heteroatoms. The van der Waals surface area contributed by atoms with Gasteiger partial charge in [-0.3, -0.25) is 4.68 Å². The van der Waals surface area contributed by atoms with Crippen molar-refractivity contribution in [1.29, 1.82) is 0 Å². The van der Waals surface area contributed by atoms with Gasteiger partial charge in [-0.15, -0.1) is 10.2 Å². The number of phenols is 1. The van der Waals surface area contributed by atoms with E-state index in [2.05, 4.69) is 46.9 Å². The van der Waals surface area contributed by atoms with Crippen molar-refractivity contribution in [2.75, 3.05) is 41.7 Å². The lowest BCUT2D eigenvalue weighted by Crippen LogP contribution is -2.31. The highest BCUT2D eigenvalue weighted by Gasteiger charge is 2.20. The highest BCUT2D eigenvalue weighted by molar-refractivity contribution is 5.74. The molecule has 0 atom stereocenters. The van der Waals surface area contributed by atoms with Crippen molar-refractivity contribution in [3.8, 4) is 28.8 Å². The van der Waals surface area contributed by atoms with Crippen LogP contribution in [0.1, 0.15) is 17.8 Å². The van der Waals surface area contributed by atoms with Crippen LogP contribution in [0.2, 0.25) is 0 Å². The fourth-order valence-electron chi connectivity index (χ4n) is 4.05. The molecule has 0 bridgehead atoms. The Morgan fingerprint density at radius 2 is 1.83 bits per heavy atom. The van der Waals surface area contributed by atoms with Crippen LogP contribution in [0.15, 0.2) is 55.0 Å². The monoisotopic (exact) mass is 467 g/mol. The van der Waals surface area contributed by atoms with Gasteiger partial charge in [0, 0.05) is 51.2 Å². The van der Waals surface area contributed by atoms with Crippen molar-refractivity contribution in [1.82, 2.24) is 29.9 Å². The molecule has 0 saturated carbocycles. The number of aryl methyl sites for hydroxylation is 1. The maximum Gasteiger partial charge on any atom is 0.207 e. The van der Waals surface area contributed by atoms with Crippen LogP contribution in [0.5, 0.6) is 5.75 Å². The van der Waals surface area contributed by atoms with Crippen LogP contribution in [0, 0.1) is 11.8 Å². The number of nitrogens with two attached hydrogens (primary N) is 1. The van der Waals surface area contributed by atoms with Gasteiger partial charge in [0.1, 0.15) is 11.6 Å². The average molecular weight is 468 g/mol. The zero-order valence-electron chi connectivity index (χ0n) is 19.3. The molecule has 4 heterocycles. The summed E-state index contributed by atoms with van der Waals surface area (Å²) in [7, 11) is 1.85. The van der Waals surface area contributed by atoms with Gasteiger partial charge in [0.2, 0.25) is 5.82 Å². The van der Waals surface area contributed by atoms with Gasteiger partial charge >= 0.3 is 0 Å². The van der Waals surface area contributed by atoms with Crippen molar-refractivity contribution in [3.05, 3.63) is 66.4 Å². The van der Waals surface area contributed by atoms with Gasteiger partial charge in [-0.1, -0.05) is 18.1 Å². The summed E-state index contributed by atoms with van der Waals surface area (Å²) in [6.45, 7) is 3.13. The summed E-state index contributed by atoms with van der Waals surface area (Å²) in [4.78, 5) is 13.4. The van der Waals surface area contributed by atoms with Crippen LogP contribution < -0.4 is 15.5 Å². The summed E-state index contributed by atoms with van der Waals surface area (Å²) >= 11 is 0. The number of anilines is 3. The fraction of sp³-hybridized carbons (Fsp3) is 0.240. The molecule has 5 rings (SSSR count). The van der Waals surface area contributed by atoms with Crippen LogP contribution in [0.25, 0.3) is 11.3 Å². The van der Waals surface area contributed by atoms with Gasteiger partial charge < -0.3 is 20.6 Å². The number of nitrogens with zero attached hydrogens (tertiary/aromatic N) is 8. The third-order valence-corrected chi connectivity index (χ3v) is 5.81. The Balaban J connectivity index is 1.33. The first-order valence-corrected chi connectivity index (χ1v) is 11.3. The van der Waals surface area contributed by atoms with Gasteiger partial charge in [0.15, 0.2) is 5.82 Å². The first-order valence-electron chi connectivity index (χ1n) is 11.3. The van der Waals surface area contributed by atoms with E-state index in [0.717, 1.165) is 49.7 Å². The average Bonchev–Trinajstić information content (AvgIpc) is 3.14. The quantitative estimate of drug-likeness (QED) is 0.436. The molecule has 35 heavy (non-hydrogen) atoms. The van der Waals surface area contributed by atoms with Crippen LogP contribution in [-0.2, 0) is 7.05 Å². The second-order valence-corrected chi connectivity index (χ2v) is 8.24. The Bertz CT molecular complexity index is 1410.